The standard InChI is InChI=1S/C16H12ClFN4S/c17-11-9-10(5-6-12(11)18)19-16(23)22-8-7-21-14-4-2-1-3-13(14)20-15(21)22/h1-6,9H,7-8H2,(H,19,23). The maximum absolute atomic E-state index is 13.2. The van der Waals surface area contributed by atoms with Crippen molar-refractivity contribution in [1.29, 1.82) is 0 Å². The maximum Gasteiger partial charge on any atom is 0.213 e. The SMILES string of the molecule is Fc1ccc(NC(=S)N2CCn3c2nc2ccccc23)cc1Cl. The molecular weight excluding hydrogens is 335 g/mol. The van der Waals surface area contributed by atoms with E-state index in [4.69, 9.17) is 23.8 Å². The lowest BCUT2D eigenvalue weighted by molar-refractivity contribution is 0.628. The normalized spacial score (nSPS) is 13.4. The van der Waals surface area contributed by atoms with Crippen LogP contribution in [0.5, 0.6) is 0 Å². The van der Waals surface area contributed by atoms with Crippen molar-refractivity contribution in [2.45, 2.75) is 6.54 Å². The van der Waals surface area contributed by atoms with Crippen LogP contribution in [-0.2, 0) is 6.54 Å². The average molecular weight is 347 g/mol. The van der Waals surface area contributed by atoms with Gasteiger partial charge in [0.2, 0.25) is 5.95 Å². The molecule has 1 aliphatic rings. The van der Waals surface area contributed by atoms with E-state index in [1.807, 2.05) is 29.2 Å². The number of benzene rings is 2. The number of thiocarbonyl (C=S) groups is 1. The summed E-state index contributed by atoms with van der Waals surface area (Å²) in [5.41, 5.74) is 2.69. The number of anilines is 2. The number of nitrogens with zero attached hydrogens (tertiary/aromatic N) is 3. The van der Waals surface area contributed by atoms with Gasteiger partial charge < -0.3 is 9.88 Å². The van der Waals surface area contributed by atoms with E-state index in [9.17, 15) is 4.39 Å². The molecule has 0 bridgehead atoms. The highest BCUT2D eigenvalue weighted by Crippen LogP contribution is 2.28. The third kappa shape index (κ3) is 2.44. The first-order chi connectivity index (χ1) is 11.1. The summed E-state index contributed by atoms with van der Waals surface area (Å²) in [6.45, 7) is 1.57. The highest BCUT2D eigenvalue weighted by molar-refractivity contribution is 7.80. The summed E-state index contributed by atoms with van der Waals surface area (Å²) in [7, 11) is 0. The maximum atomic E-state index is 13.2. The monoisotopic (exact) mass is 346 g/mol. The number of halogens is 2. The number of nitrogens with one attached hydrogen (secondary N) is 1. The van der Waals surface area contributed by atoms with Crippen molar-refractivity contribution < 1.29 is 4.39 Å². The highest BCUT2D eigenvalue weighted by atomic mass is 35.5. The van der Waals surface area contributed by atoms with Gasteiger partial charge in [0.1, 0.15) is 5.82 Å². The molecule has 4 nitrogen and oxygen atoms in total. The fourth-order valence-electron chi connectivity index (χ4n) is 2.75. The van der Waals surface area contributed by atoms with Crippen LogP contribution in [-0.4, -0.2) is 21.2 Å². The van der Waals surface area contributed by atoms with Gasteiger partial charge in [0.05, 0.1) is 16.1 Å². The van der Waals surface area contributed by atoms with E-state index in [1.54, 1.807) is 6.07 Å². The first kappa shape index (κ1) is 14.4. The quantitative estimate of drug-likeness (QED) is 0.674. The van der Waals surface area contributed by atoms with Gasteiger partial charge in [0.25, 0.3) is 0 Å². The number of hydrogen-bond donors (Lipinski definition) is 1. The Morgan fingerprint density at radius 3 is 2.87 bits per heavy atom. The molecule has 4 rings (SSSR count). The fraction of sp³-hybridized carbons (Fsp3) is 0.125. The molecule has 0 aliphatic carbocycles. The summed E-state index contributed by atoms with van der Waals surface area (Å²) in [6.07, 6.45) is 0. The minimum Gasteiger partial charge on any atom is -0.332 e. The topological polar surface area (TPSA) is 33.1 Å². The predicted octanol–water partition coefficient (Wildman–Crippen LogP) is 4.05. The van der Waals surface area contributed by atoms with Gasteiger partial charge in [-0.2, -0.15) is 0 Å². The second-order valence-electron chi connectivity index (χ2n) is 5.26. The minimum absolute atomic E-state index is 0.0615. The van der Waals surface area contributed by atoms with Crippen LogP contribution in [0.25, 0.3) is 11.0 Å². The molecule has 116 valence electrons. The molecule has 2 aromatic carbocycles. The van der Waals surface area contributed by atoms with Crippen LogP contribution in [0, 0.1) is 5.82 Å². The van der Waals surface area contributed by atoms with Crippen LogP contribution in [0.4, 0.5) is 16.0 Å². The first-order valence-electron chi connectivity index (χ1n) is 7.12. The zero-order chi connectivity index (χ0) is 16.0. The third-order valence-electron chi connectivity index (χ3n) is 3.84. The molecule has 0 atom stereocenters. The second kappa shape index (κ2) is 5.47. The smallest absolute Gasteiger partial charge is 0.213 e. The fourth-order valence-corrected chi connectivity index (χ4v) is 3.22. The van der Waals surface area contributed by atoms with Crippen LogP contribution in [0.3, 0.4) is 0 Å². The molecule has 1 N–H and O–H groups in total. The van der Waals surface area contributed by atoms with Crippen LogP contribution in [0.15, 0.2) is 42.5 Å². The summed E-state index contributed by atoms with van der Waals surface area (Å²) >= 11 is 11.3. The van der Waals surface area contributed by atoms with Gasteiger partial charge >= 0.3 is 0 Å². The van der Waals surface area contributed by atoms with Gasteiger partial charge in [-0.15, -0.1) is 0 Å². The lowest BCUT2D eigenvalue weighted by Gasteiger charge is -2.18. The number of hydrogen-bond acceptors (Lipinski definition) is 2. The molecule has 0 radical (unpaired) electrons. The Morgan fingerprint density at radius 1 is 1.22 bits per heavy atom. The number of imidazole rings is 1. The van der Waals surface area contributed by atoms with Crippen molar-refractivity contribution in [2.75, 3.05) is 16.8 Å². The van der Waals surface area contributed by atoms with E-state index in [2.05, 4.69) is 14.9 Å². The van der Waals surface area contributed by atoms with Gasteiger partial charge in [-0.1, -0.05) is 23.7 Å². The zero-order valence-electron chi connectivity index (χ0n) is 12.0. The minimum atomic E-state index is -0.453. The summed E-state index contributed by atoms with van der Waals surface area (Å²) in [4.78, 5) is 6.58. The molecule has 0 amide bonds. The summed E-state index contributed by atoms with van der Waals surface area (Å²) in [5, 5.41) is 3.67. The van der Waals surface area contributed by atoms with Crippen LogP contribution >= 0.6 is 23.8 Å². The molecular formula is C16H12ClFN4S. The van der Waals surface area contributed by atoms with E-state index in [-0.39, 0.29) is 5.02 Å². The van der Waals surface area contributed by atoms with Crippen LogP contribution in [0.2, 0.25) is 5.02 Å². The summed E-state index contributed by atoms with van der Waals surface area (Å²) in [6, 6.07) is 12.4. The molecule has 0 unspecified atom stereocenters. The van der Waals surface area contributed by atoms with Crippen molar-refractivity contribution >= 4 is 51.6 Å². The van der Waals surface area contributed by atoms with Gasteiger partial charge in [-0.3, -0.25) is 4.90 Å². The molecule has 7 heteroatoms. The van der Waals surface area contributed by atoms with E-state index in [0.717, 1.165) is 30.1 Å². The Hall–Kier alpha value is -2.18. The molecule has 23 heavy (non-hydrogen) atoms. The van der Waals surface area contributed by atoms with Crippen molar-refractivity contribution in [3.05, 3.63) is 53.3 Å². The zero-order valence-corrected chi connectivity index (χ0v) is 13.5. The van der Waals surface area contributed by atoms with Crippen molar-refractivity contribution in [2.24, 2.45) is 0 Å². The summed E-state index contributed by atoms with van der Waals surface area (Å²) in [5.74, 6) is 0.364. The summed E-state index contributed by atoms with van der Waals surface area (Å²) < 4.78 is 15.4. The van der Waals surface area contributed by atoms with Gasteiger partial charge in [-0.25, -0.2) is 9.37 Å². The Bertz CT molecular complexity index is 924. The largest absolute Gasteiger partial charge is 0.332 e. The Morgan fingerprint density at radius 2 is 2.04 bits per heavy atom. The highest BCUT2D eigenvalue weighted by Gasteiger charge is 2.26. The van der Waals surface area contributed by atoms with E-state index in [1.165, 1.54) is 12.1 Å². The van der Waals surface area contributed by atoms with Crippen molar-refractivity contribution in [1.82, 2.24) is 9.55 Å². The van der Waals surface area contributed by atoms with Crippen LogP contribution < -0.4 is 10.2 Å². The Balaban J connectivity index is 1.62. The van der Waals surface area contributed by atoms with Crippen LogP contribution in [0.1, 0.15) is 0 Å². The molecule has 1 aromatic heterocycles. The molecule has 0 saturated carbocycles. The molecule has 0 saturated heterocycles. The molecule has 3 aromatic rings. The Kier molecular flexibility index (Phi) is 3.43. The second-order valence-corrected chi connectivity index (χ2v) is 6.06. The molecule has 0 spiro atoms. The third-order valence-corrected chi connectivity index (χ3v) is 4.45. The molecule has 2 heterocycles. The average Bonchev–Trinajstić information content (AvgIpc) is 3.09. The predicted molar refractivity (Wildman–Crippen MR) is 94.7 cm³/mol. The molecule has 0 fully saturated rings. The van der Waals surface area contributed by atoms with Gasteiger partial charge in [0, 0.05) is 18.8 Å². The van der Waals surface area contributed by atoms with Gasteiger partial charge in [-0.05, 0) is 42.5 Å². The number of rotatable bonds is 1. The lowest BCUT2D eigenvalue weighted by atomic mass is 10.3. The van der Waals surface area contributed by atoms with E-state index >= 15 is 0 Å². The number of para-hydroxylation sites is 2. The van der Waals surface area contributed by atoms with Crippen molar-refractivity contribution in [3.63, 3.8) is 0 Å². The number of aromatic nitrogens is 2. The number of fused-ring (bicyclic) bond motifs is 3. The Labute approximate surface area is 142 Å². The van der Waals surface area contributed by atoms with Gasteiger partial charge in [0.15, 0.2) is 5.11 Å². The lowest BCUT2D eigenvalue weighted by Crippen LogP contribution is -2.33. The van der Waals surface area contributed by atoms with E-state index in [0.29, 0.717) is 10.8 Å². The van der Waals surface area contributed by atoms with E-state index < -0.39 is 5.82 Å². The molecule has 1 aliphatic heterocycles. The van der Waals surface area contributed by atoms with Crippen molar-refractivity contribution in [3.8, 4) is 0 Å². The first-order valence-corrected chi connectivity index (χ1v) is 7.91.